The van der Waals surface area contributed by atoms with Crippen molar-refractivity contribution in [2.45, 2.75) is 25.8 Å². The smallest absolute Gasteiger partial charge is 0.258 e. The Kier molecular flexibility index (Phi) is 8.37. The van der Waals surface area contributed by atoms with E-state index in [-0.39, 0.29) is 13.2 Å². The van der Waals surface area contributed by atoms with Gasteiger partial charge in [-0.05, 0) is 49.6 Å². The van der Waals surface area contributed by atoms with Crippen molar-refractivity contribution in [1.29, 1.82) is 0 Å². The minimum Gasteiger partial charge on any atom is -0.490 e. The summed E-state index contributed by atoms with van der Waals surface area (Å²) in [6.07, 6.45) is 3.03. The standard InChI is InChI=1S/C27H34N4O5/c1-3-34-23-10-9-22(15-24(23)35-4-2)26-29-25(30-36-26)21-7-5-19(6-8-21)20-11-13-31(14-12-20)16-27(28,17-32)18-33/h5-11,15,32-33H,3-4,12-14,16-18,28H2,1-2H3. The van der Waals surface area contributed by atoms with Crippen molar-refractivity contribution in [3.05, 3.63) is 54.1 Å². The molecule has 3 aromatic rings. The molecule has 0 spiro atoms. The van der Waals surface area contributed by atoms with Crippen LogP contribution < -0.4 is 15.2 Å². The van der Waals surface area contributed by atoms with Gasteiger partial charge >= 0.3 is 0 Å². The quantitative estimate of drug-likeness (QED) is 0.369. The number of nitrogens with zero attached hydrogens (tertiary/aromatic N) is 3. The number of aliphatic hydroxyl groups excluding tert-OH is 2. The van der Waals surface area contributed by atoms with Crippen LogP contribution in [0.4, 0.5) is 0 Å². The summed E-state index contributed by atoms with van der Waals surface area (Å²) in [6.45, 7) is 6.42. The highest BCUT2D eigenvalue weighted by Crippen LogP contribution is 2.33. The van der Waals surface area contributed by atoms with E-state index in [1.165, 1.54) is 5.57 Å². The third kappa shape index (κ3) is 5.93. The first-order valence-corrected chi connectivity index (χ1v) is 12.2. The van der Waals surface area contributed by atoms with Crippen LogP contribution in [0.1, 0.15) is 25.8 Å². The van der Waals surface area contributed by atoms with Gasteiger partial charge in [-0.25, -0.2) is 0 Å². The maximum atomic E-state index is 9.44. The molecule has 0 amide bonds. The van der Waals surface area contributed by atoms with Crippen LogP contribution in [-0.4, -0.2) is 76.9 Å². The van der Waals surface area contributed by atoms with Crippen LogP contribution in [0.25, 0.3) is 28.4 Å². The van der Waals surface area contributed by atoms with Crippen molar-refractivity contribution in [3.8, 4) is 34.3 Å². The number of rotatable bonds is 11. The second-order valence-corrected chi connectivity index (χ2v) is 8.92. The Labute approximate surface area is 211 Å². The third-order valence-corrected chi connectivity index (χ3v) is 6.19. The summed E-state index contributed by atoms with van der Waals surface area (Å²) in [5.41, 5.74) is 9.06. The Morgan fingerprint density at radius 3 is 2.28 bits per heavy atom. The van der Waals surface area contributed by atoms with Crippen LogP contribution >= 0.6 is 0 Å². The first-order valence-electron chi connectivity index (χ1n) is 12.2. The predicted octanol–water partition coefficient (Wildman–Crippen LogP) is 2.97. The van der Waals surface area contributed by atoms with Gasteiger partial charge in [0.25, 0.3) is 5.89 Å². The Hall–Kier alpha value is -3.24. The molecule has 1 aliphatic rings. The fourth-order valence-electron chi connectivity index (χ4n) is 4.19. The van der Waals surface area contributed by atoms with E-state index in [0.29, 0.717) is 43.0 Å². The van der Waals surface area contributed by atoms with Crippen molar-refractivity contribution in [1.82, 2.24) is 15.0 Å². The van der Waals surface area contributed by atoms with Crippen molar-refractivity contribution in [2.75, 3.05) is 46.1 Å². The Morgan fingerprint density at radius 2 is 1.64 bits per heavy atom. The molecular formula is C27H34N4O5. The summed E-state index contributed by atoms with van der Waals surface area (Å²) in [6, 6.07) is 13.7. The molecule has 0 atom stereocenters. The number of nitrogens with two attached hydrogens (primary N) is 1. The summed E-state index contributed by atoms with van der Waals surface area (Å²) in [5, 5.41) is 23.1. The van der Waals surface area contributed by atoms with Gasteiger partial charge in [-0.2, -0.15) is 4.98 Å². The fraction of sp³-hybridized carbons (Fsp3) is 0.407. The first kappa shape index (κ1) is 25.8. The average molecular weight is 495 g/mol. The molecule has 9 nitrogen and oxygen atoms in total. The van der Waals surface area contributed by atoms with Gasteiger partial charge in [0.15, 0.2) is 11.5 Å². The largest absolute Gasteiger partial charge is 0.490 e. The van der Waals surface area contributed by atoms with Crippen molar-refractivity contribution in [3.63, 3.8) is 0 Å². The van der Waals surface area contributed by atoms with Crippen LogP contribution in [-0.2, 0) is 0 Å². The second-order valence-electron chi connectivity index (χ2n) is 8.92. The van der Waals surface area contributed by atoms with Gasteiger partial charge in [-0.3, -0.25) is 4.90 Å². The number of benzene rings is 2. The zero-order valence-electron chi connectivity index (χ0n) is 20.8. The predicted molar refractivity (Wildman–Crippen MR) is 138 cm³/mol. The van der Waals surface area contributed by atoms with Gasteiger partial charge in [0.2, 0.25) is 5.82 Å². The van der Waals surface area contributed by atoms with Gasteiger partial charge in [-0.15, -0.1) is 0 Å². The second kappa shape index (κ2) is 11.7. The van der Waals surface area contributed by atoms with Crippen molar-refractivity contribution >= 4 is 5.57 Å². The van der Waals surface area contributed by atoms with Gasteiger partial charge in [0, 0.05) is 30.8 Å². The molecule has 1 aromatic heterocycles. The normalized spacial score (nSPS) is 14.5. The van der Waals surface area contributed by atoms with E-state index < -0.39 is 5.54 Å². The zero-order chi connectivity index (χ0) is 25.5. The molecule has 0 saturated carbocycles. The molecule has 0 aliphatic carbocycles. The Bertz CT molecular complexity index is 1170. The maximum Gasteiger partial charge on any atom is 0.258 e. The summed E-state index contributed by atoms with van der Waals surface area (Å²) >= 11 is 0. The number of hydrogen-bond donors (Lipinski definition) is 3. The van der Waals surface area contributed by atoms with E-state index in [4.69, 9.17) is 19.7 Å². The molecule has 0 saturated heterocycles. The molecule has 36 heavy (non-hydrogen) atoms. The molecule has 0 unspecified atom stereocenters. The van der Waals surface area contributed by atoms with Crippen LogP contribution in [0.15, 0.2) is 53.1 Å². The molecule has 0 radical (unpaired) electrons. The lowest BCUT2D eigenvalue weighted by Gasteiger charge is -2.34. The third-order valence-electron chi connectivity index (χ3n) is 6.19. The van der Waals surface area contributed by atoms with Crippen LogP contribution in [0.3, 0.4) is 0 Å². The van der Waals surface area contributed by atoms with E-state index >= 15 is 0 Å². The summed E-state index contributed by atoms with van der Waals surface area (Å²) in [7, 11) is 0. The van der Waals surface area contributed by atoms with E-state index in [1.807, 2.05) is 44.2 Å². The minimum absolute atomic E-state index is 0.248. The first-order chi connectivity index (χ1) is 17.5. The molecule has 0 bridgehead atoms. The minimum atomic E-state index is -0.980. The van der Waals surface area contributed by atoms with E-state index in [9.17, 15) is 10.2 Å². The van der Waals surface area contributed by atoms with Crippen LogP contribution in [0.2, 0.25) is 0 Å². The fourth-order valence-corrected chi connectivity index (χ4v) is 4.19. The van der Waals surface area contributed by atoms with Gasteiger partial charge in [-0.1, -0.05) is 35.5 Å². The summed E-state index contributed by atoms with van der Waals surface area (Å²) in [4.78, 5) is 6.72. The molecule has 2 heterocycles. The Morgan fingerprint density at radius 1 is 0.972 bits per heavy atom. The lowest BCUT2D eigenvalue weighted by molar-refractivity contribution is 0.0868. The summed E-state index contributed by atoms with van der Waals surface area (Å²) in [5.74, 6) is 2.25. The number of hydrogen-bond acceptors (Lipinski definition) is 9. The molecule has 4 rings (SSSR count). The average Bonchev–Trinajstić information content (AvgIpc) is 3.41. The Balaban J connectivity index is 1.45. The zero-order valence-corrected chi connectivity index (χ0v) is 20.8. The maximum absolute atomic E-state index is 9.44. The molecule has 1 aliphatic heterocycles. The van der Waals surface area contributed by atoms with E-state index in [0.717, 1.165) is 36.2 Å². The molecular weight excluding hydrogens is 460 g/mol. The van der Waals surface area contributed by atoms with E-state index in [2.05, 4.69) is 33.2 Å². The highest BCUT2D eigenvalue weighted by Gasteiger charge is 2.27. The highest BCUT2D eigenvalue weighted by molar-refractivity contribution is 5.70. The van der Waals surface area contributed by atoms with Gasteiger partial charge in [0.05, 0.1) is 32.0 Å². The van der Waals surface area contributed by atoms with Gasteiger partial charge in [0.1, 0.15) is 0 Å². The molecule has 192 valence electrons. The van der Waals surface area contributed by atoms with Crippen LogP contribution in [0.5, 0.6) is 11.5 Å². The van der Waals surface area contributed by atoms with Crippen LogP contribution in [0, 0.1) is 0 Å². The van der Waals surface area contributed by atoms with Crippen molar-refractivity contribution < 1.29 is 24.2 Å². The van der Waals surface area contributed by atoms with E-state index in [1.54, 1.807) is 0 Å². The summed E-state index contributed by atoms with van der Waals surface area (Å²) < 4.78 is 16.9. The number of aliphatic hydroxyl groups is 2. The molecule has 9 heteroatoms. The molecule has 4 N–H and O–H groups in total. The molecule has 0 fully saturated rings. The molecule has 2 aromatic carbocycles. The topological polar surface area (TPSA) is 127 Å². The lowest BCUT2D eigenvalue weighted by atomic mass is 9.96. The monoisotopic (exact) mass is 494 g/mol. The SMILES string of the molecule is CCOc1ccc(-c2nc(-c3ccc(C4=CCN(CC(N)(CO)CO)CC4)cc3)no2)cc1OCC. The number of aromatic nitrogens is 2. The lowest BCUT2D eigenvalue weighted by Crippen LogP contribution is -2.56. The highest BCUT2D eigenvalue weighted by atomic mass is 16.5. The van der Waals surface area contributed by atoms with Gasteiger partial charge < -0.3 is 29.9 Å². The van der Waals surface area contributed by atoms with Crippen molar-refractivity contribution in [2.24, 2.45) is 5.73 Å². The number of ether oxygens (including phenoxy) is 2.